The zero-order valence-electron chi connectivity index (χ0n) is 14.2. The van der Waals surface area contributed by atoms with E-state index < -0.39 is 0 Å². The van der Waals surface area contributed by atoms with Gasteiger partial charge in [-0.05, 0) is 18.9 Å². The summed E-state index contributed by atoms with van der Waals surface area (Å²) in [4.78, 5) is 18.1. The van der Waals surface area contributed by atoms with Gasteiger partial charge in [0.1, 0.15) is 5.75 Å². The van der Waals surface area contributed by atoms with Crippen LogP contribution in [0.3, 0.4) is 0 Å². The highest BCUT2D eigenvalue weighted by Gasteiger charge is 2.26. The molecule has 1 aliphatic heterocycles. The molecule has 1 aliphatic carbocycles. The fourth-order valence-corrected chi connectivity index (χ4v) is 4.07. The Kier molecular flexibility index (Phi) is 4.08. The van der Waals surface area contributed by atoms with Gasteiger partial charge in [-0.1, -0.05) is 31.4 Å². The van der Waals surface area contributed by atoms with Gasteiger partial charge < -0.3 is 19.9 Å². The molecule has 1 saturated carbocycles. The number of benzene rings is 1. The smallest absolute Gasteiger partial charge is 0.317 e. The SMILES string of the molecule is COc1cccc2c3c([nH]c12)CCN(C(=O)NC1CCCCC1)C3. The normalized spacial score (nSPS) is 18.5. The Hall–Kier alpha value is -2.17. The number of rotatable bonds is 2. The number of nitrogens with zero attached hydrogens (tertiary/aromatic N) is 1. The number of aromatic amines is 1. The lowest BCUT2D eigenvalue weighted by Crippen LogP contribution is -2.47. The van der Waals surface area contributed by atoms with E-state index in [9.17, 15) is 4.79 Å². The Balaban J connectivity index is 1.53. The summed E-state index contributed by atoms with van der Waals surface area (Å²) in [5, 5.41) is 4.40. The van der Waals surface area contributed by atoms with Crippen LogP contribution in [0.15, 0.2) is 18.2 Å². The molecule has 24 heavy (non-hydrogen) atoms. The maximum absolute atomic E-state index is 12.6. The minimum absolute atomic E-state index is 0.0878. The van der Waals surface area contributed by atoms with E-state index in [1.165, 1.54) is 35.9 Å². The van der Waals surface area contributed by atoms with E-state index in [1.807, 2.05) is 17.0 Å². The first-order chi connectivity index (χ1) is 11.8. The van der Waals surface area contributed by atoms with Crippen LogP contribution in [0.1, 0.15) is 43.4 Å². The highest BCUT2D eigenvalue weighted by Crippen LogP contribution is 2.32. The van der Waals surface area contributed by atoms with Gasteiger partial charge in [0.25, 0.3) is 0 Å². The lowest BCUT2D eigenvalue weighted by molar-refractivity contribution is 0.185. The Labute approximate surface area is 142 Å². The maximum atomic E-state index is 12.6. The number of para-hydroxylation sites is 1. The third kappa shape index (κ3) is 2.72. The second-order valence-electron chi connectivity index (χ2n) is 6.92. The molecule has 0 radical (unpaired) electrons. The predicted octanol–water partition coefficient (Wildman–Crippen LogP) is 3.58. The molecule has 2 N–H and O–H groups in total. The highest BCUT2D eigenvalue weighted by atomic mass is 16.5. The number of amides is 2. The minimum atomic E-state index is 0.0878. The van der Waals surface area contributed by atoms with Crippen molar-refractivity contribution in [3.8, 4) is 5.75 Å². The number of nitrogens with one attached hydrogen (secondary N) is 2. The number of urea groups is 1. The zero-order valence-corrected chi connectivity index (χ0v) is 14.2. The van der Waals surface area contributed by atoms with Gasteiger partial charge >= 0.3 is 6.03 Å². The van der Waals surface area contributed by atoms with Crippen molar-refractivity contribution in [3.05, 3.63) is 29.5 Å². The van der Waals surface area contributed by atoms with Crippen LogP contribution in [0, 0.1) is 0 Å². The second-order valence-corrected chi connectivity index (χ2v) is 6.92. The summed E-state index contributed by atoms with van der Waals surface area (Å²) in [5.41, 5.74) is 3.50. The highest BCUT2D eigenvalue weighted by molar-refractivity contribution is 5.90. The summed E-state index contributed by atoms with van der Waals surface area (Å²) in [6.45, 7) is 1.43. The number of hydrogen-bond acceptors (Lipinski definition) is 2. The number of fused-ring (bicyclic) bond motifs is 3. The minimum Gasteiger partial charge on any atom is -0.495 e. The molecule has 2 heterocycles. The van der Waals surface area contributed by atoms with E-state index >= 15 is 0 Å². The number of hydrogen-bond donors (Lipinski definition) is 2. The summed E-state index contributed by atoms with van der Waals surface area (Å²) in [6.07, 6.45) is 6.88. The number of carbonyl (C=O) groups is 1. The first-order valence-electron chi connectivity index (χ1n) is 8.98. The van der Waals surface area contributed by atoms with Gasteiger partial charge in [-0.15, -0.1) is 0 Å². The van der Waals surface area contributed by atoms with Crippen LogP contribution in [0.4, 0.5) is 4.79 Å². The summed E-state index contributed by atoms with van der Waals surface area (Å²) in [7, 11) is 1.69. The molecule has 2 aliphatic rings. The van der Waals surface area contributed by atoms with Gasteiger partial charge in [-0.3, -0.25) is 0 Å². The van der Waals surface area contributed by atoms with E-state index in [4.69, 9.17) is 4.74 Å². The van der Waals surface area contributed by atoms with Gasteiger partial charge in [0.2, 0.25) is 0 Å². The molecule has 2 amide bonds. The van der Waals surface area contributed by atoms with Crippen molar-refractivity contribution in [3.63, 3.8) is 0 Å². The van der Waals surface area contributed by atoms with Crippen LogP contribution in [0.5, 0.6) is 5.75 Å². The summed E-state index contributed by atoms with van der Waals surface area (Å²) in [5.74, 6) is 0.861. The number of ether oxygens (including phenoxy) is 1. The molecule has 128 valence electrons. The molecule has 4 rings (SSSR count). The molecule has 0 atom stereocenters. The Morgan fingerprint density at radius 2 is 2.12 bits per heavy atom. The van der Waals surface area contributed by atoms with Crippen molar-refractivity contribution >= 4 is 16.9 Å². The van der Waals surface area contributed by atoms with Gasteiger partial charge in [-0.25, -0.2) is 4.79 Å². The molecule has 5 heteroatoms. The second kappa shape index (κ2) is 6.38. The van der Waals surface area contributed by atoms with Crippen LogP contribution < -0.4 is 10.1 Å². The Bertz CT molecular complexity index is 746. The van der Waals surface area contributed by atoms with Crippen LogP contribution in [-0.4, -0.2) is 35.6 Å². The standard InChI is InChI=1S/C19H25N3O2/c1-24-17-9-5-8-14-15-12-22(11-10-16(15)21-18(14)17)19(23)20-13-6-3-2-4-7-13/h5,8-9,13,21H,2-4,6-7,10-12H2,1H3,(H,20,23). The first-order valence-corrected chi connectivity index (χ1v) is 8.98. The summed E-state index contributed by atoms with van der Waals surface area (Å²) < 4.78 is 5.46. The fraction of sp³-hybridized carbons (Fsp3) is 0.526. The van der Waals surface area contributed by atoms with Crippen molar-refractivity contribution in [2.75, 3.05) is 13.7 Å². The molecule has 1 aromatic carbocycles. The first kappa shape index (κ1) is 15.4. The molecular weight excluding hydrogens is 302 g/mol. The molecule has 0 unspecified atom stereocenters. The molecule has 0 bridgehead atoms. The van der Waals surface area contributed by atoms with Crippen molar-refractivity contribution in [2.24, 2.45) is 0 Å². The molecule has 5 nitrogen and oxygen atoms in total. The third-order valence-corrected chi connectivity index (χ3v) is 5.41. The maximum Gasteiger partial charge on any atom is 0.317 e. The van der Waals surface area contributed by atoms with E-state index in [1.54, 1.807) is 7.11 Å². The van der Waals surface area contributed by atoms with Gasteiger partial charge in [-0.2, -0.15) is 0 Å². The van der Waals surface area contributed by atoms with E-state index in [-0.39, 0.29) is 6.03 Å². The quantitative estimate of drug-likeness (QED) is 0.886. The molecule has 2 aromatic rings. The lowest BCUT2D eigenvalue weighted by atomic mass is 9.95. The molecular formula is C19H25N3O2. The lowest BCUT2D eigenvalue weighted by Gasteiger charge is -2.31. The van der Waals surface area contributed by atoms with E-state index in [2.05, 4.69) is 16.4 Å². The molecule has 0 spiro atoms. The average molecular weight is 327 g/mol. The van der Waals surface area contributed by atoms with Crippen molar-refractivity contribution in [2.45, 2.75) is 51.1 Å². The van der Waals surface area contributed by atoms with Crippen LogP contribution >= 0.6 is 0 Å². The van der Waals surface area contributed by atoms with Gasteiger partial charge in [0, 0.05) is 42.2 Å². The van der Waals surface area contributed by atoms with Crippen LogP contribution in [0.25, 0.3) is 10.9 Å². The number of aromatic nitrogens is 1. The Morgan fingerprint density at radius 3 is 2.92 bits per heavy atom. The third-order valence-electron chi connectivity index (χ3n) is 5.41. The van der Waals surface area contributed by atoms with Crippen molar-refractivity contribution in [1.82, 2.24) is 15.2 Å². The number of H-pyrrole nitrogens is 1. The fourth-order valence-electron chi connectivity index (χ4n) is 4.07. The molecule has 0 saturated heterocycles. The topological polar surface area (TPSA) is 57.4 Å². The van der Waals surface area contributed by atoms with Crippen LogP contribution in [0.2, 0.25) is 0 Å². The van der Waals surface area contributed by atoms with E-state index in [0.717, 1.165) is 37.1 Å². The molecule has 1 aromatic heterocycles. The predicted molar refractivity (Wildman–Crippen MR) is 94.4 cm³/mol. The van der Waals surface area contributed by atoms with E-state index in [0.29, 0.717) is 12.6 Å². The number of carbonyl (C=O) groups excluding carboxylic acids is 1. The van der Waals surface area contributed by atoms with Gasteiger partial charge in [0.05, 0.1) is 12.6 Å². The largest absolute Gasteiger partial charge is 0.495 e. The summed E-state index contributed by atoms with van der Waals surface area (Å²) in [6, 6.07) is 6.53. The zero-order chi connectivity index (χ0) is 16.5. The Morgan fingerprint density at radius 1 is 1.29 bits per heavy atom. The monoisotopic (exact) mass is 327 g/mol. The summed E-state index contributed by atoms with van der Waals surface area (Å²) >= 11 is 0. The van der Waals surface area contributed by atoms with Crippen molar-refractivity contribution < 1.29 is 9.53 Å². The van der Waals surface area contributed by atoms with Gasteiger partial charge in [0.15, 0.2) is 0 Å². The molecule has 1 fully saturated rings. The number of methoxy groups -OCH3 is 1. The van der Waals surface area contributed by atoms with Crippen molar-refractivity contribution in [1.29, 1.82) is 0 Å². The average Bonchev–Trinajstić information content (AvgIpc) is 3.00. The van der Waals surface area contributed by atoms with Crippen LogP contribution in [-0.2, 0) is 13.0 Å².